The molecule has 2 aromatic heterocycles. The second-order valence-corrected chi connectivity index (χ2v) is 7.99. The Hall–Kier alpha value is -2.85. The number of hydrogen-bond acceptors (Lipinski definition) is 5. The molecule has 10 heteroatoms. The number of rotatable bonds is 7. The average Bonchev–Trinajstić information content (AvgIpc) is 3.15. The number of thioether (sulfide) groups is 1. The summed E-state index contributed by atoms with van der Waals surface area (Å²) in [6.45, 7) is 0.664. The van der Waals surface area contributed by atoms with Crippen LogP contribution in [-0.4, -0.2) is 44.3 Å². The van der Waals surface area contributed by atoms with Crippen LogP contribution in [0.1, 0.15) is 12.0 Å². The first-order valence-corrected chi connectivity index (χ1v) is 10.6. The summed E-state index contributed by atoms with van der Waals surface area (Å²) in [6, 6.07) is 14.7. The van der Waals surface area contributed by atoms with Gasteiger partial charge in [0, 0.05) is 12.4 Å². The van der Waals surface area contributed by atoms with Crippen molar-refractivity contribution in [2.75, 3.05) is 19.0 Å². The van der Waals surface area contributed by atoms with Crippen molar-refractivity contribution in [3.63, 3.8) is 0 Å². The van der Waals surface area contributed by atoms with E-state index >= 15 is 0 Å². The Morgan fingerprint density at radius 3 is 2.58 bits per heavy atom. The van der Waals surface area contributed by atoms with E-state index in [1.54, 1.807) is 16.7 Å². The van der Waals surface area contributed by atoms with Gasteiger partial charge < -0.3 is 4.74 Å². The van der Waals surface area contributed by atoms with Crippen LogP contribution >= 0.6 is 11.8 Å². The van der Waals surface area contributed by atoms with Gasteiger partial charge in [-0.25, -0.2) is 4.57 Å². The van der Waals surface area contributed by atoms with Crippen molar-refractivity contribution in [3.05, 3.63) is 64.4 Å². The van der Waals surface area contributed by atoms with Crippen molar-refractivity contribution >= 4 is 28.4 Å². The van der Waals surface area contributed by atoms with E-state index in [4.69, 9.17) is 0 Å². The zero-order chi connectivity index (χ0) is 22.0. The van der Waals surface area contributed by atoms with Crippen molar-refractivity contribution in [1.82, 2.24) is 19.2 Å². The molecular formula is C21H19F3N4O2S. The minimum atomic E-state index is -4.32. The lowest BCUT2D eigenvalue weighted by molar-refractivity contribution is -0.173. The van der Waals surface area contributed by atoms with E-state index in [9.17, 15) is 18.0 Å². The van der Waals surface area contributed by atoms with Gasteiger partial charge in [-0.2, -0.15) is 13.2 Å². The number of benzene rings is 2. The molecule has 2 heterocycles. The molecule has 0 bridgehead atoms. The number of aryl methyl sites for hydroxylation is 1. The lowest BCUT2D eigenvalue weighted by atomic mass is 10.2. The molecule has 0 atom stereocenters. The van der Waals surface area contributed by atoms with Gasteiger partial charge >= 0.3 is 6.18 Å². The van der Waals surface area contributed by atoms with Crippen LogP contribution in [0.5, 0.6) is 0 Å². The van der Waals surface area contributed by atoms with E-state index in [1.165, 1.54) is 11.8 Å². The van der Waals surface area contributed by atoms with Gasteiger partial charge in [0.15, 0.2) is 5.16 Å². The van der Waals surface area contributed by atoms with E-state index in [1.807, 2.05) is 47.7 Å². The Balaban J connectivity index is 1.70. The molecule has 0 spiro atoms. The number of ether oxygens (including phenoxy) is 1. The molecule has 0 aliphatic carbocycles. The van der Waals surface area contributed by atoms with Crippen molar-refractivity contribution < 1.29 is 17.9 Å². The first-order valence-electron chi connectivity index (χ1n) is 9.59. The maximum atomic E-state index is 13.3. The molecule has 0 saturated carbocycles. The smallest absolute Gasteiger partial charge is 0.372 e. The number of para-hydroxylation sites is 2. The summed E-state index contributed by atoms with van der Waals surface area (Å²) >= 11 is 1.36. The molecule has 0 aliphatic rings. The number of aromatic nitrogens is 4. The van der Waals surface area contributed by atoms with Gasteiger partial charge in [-0.15, -0.1) is 10.2 Å². The summed E-state index contributed by atoms with van der Waals surface area (Å²) in [4.78, 5) is 13.3. The summed E-state index contributed by atoms with van der Waals surface area (Å²) in [7, 11) is 0. The molecule has 0 amide bonds. The van der Waals surface area contributed by atoms with Crippen LogP contribution in [0.4, 0.5) is 13.2 Å². The molecule has 0 fully saturated rings. The maximum Gasteiger partial charge on any atom is 0.411 e. The van der Waals surface area contributed by atoms with Gasteiger partial charge in [0.1, 0.15) is 6.61 Å². The summed E-state index contributed by atoms with van der Waals surface area (Å²) < 4.78 is 44.5. The predicted molar refractivity (Wildman–Crippen MR) is 113 cm³/mol. The quantitative estimate of drug-likeness (QED) is 0.310. The van der Waals surface area contributed by atoms with Crippen LogP contribution in [-0.2, 0) is 4.74 Å². The number of hydrogen-bond donors (Lipinski definition) is 0. The highest BCUT2D eigenvalue weighted by molar-refractivity contribution is 7.99. The molecular weight excluding hydrogens is 429 g/mol. The zero-order valence-electron chi connectivity index (χ0n) is 16.6. The highest BCUT2D eigenvalue weighted by Crippen LogP contribution is 2.24. The first-order chi connectivity index (χ1) is 14.9. The fraction of sp³-hybridized carbons (Fsp3) is 0.286. The minimum absolute atomic E-state index is 0.00207. The molecule has 0 saturated heterocycles. The van der Waals surface area contributed by atoms with Crippen LogP contribution in [0.15, 0.2) is 58.5 Å². The molecule has 0 radical (unpaired) electrons. The first kappa shape index (κ1) is 21.4. The Morgan fingerprint density at radius 1 is 1.06 bits per heavy atom. The molecule has 0 N–H and O–H groups in total. The number of nitrogens with zero attached hydrogens (tertiary/aromatic N) is 4. The fourth-order valence-electron chi connectivity index (χ4n) is 3.32. The van der Waals surface area contributed by atoms with Crippen LogP contribution < -0.4 is 5.56 Å². The highest BCUT2D eigenvalue weighted by Gasteiger charge is 2.27. The van der Waals surface area contributed by atoms with Crippen molar-refractivity contribution in [2.45, 2.75) is 24.7 Å². The topological polar surface area (TPSA) is 61.4 Å². The monoisotopic (exact) mass is 448 g/mol. The summed E-state index contributed by atoms with van der Waals surface area (Å²) in [5.74, 6) is 0.880. The van der Waals surface area contributed by atoms with E-state index in [0.717, 1.165) is 5.56 Å². The summed E-state index contributed by atoms with van der Waals surface area (Å²) in [5.41, 5.74) is 2.11. The third kappa shape index (κ3) is 4.45. The Labute approximate surface area is 179 Å². The molecule has 6 nitrogen and oxygen atoms in total. The van der Waals surface area contributed by atoms with Crippen LogP contribution in [0.3, 0.4) is 0 Å². The Kier molecular flexibility index (Phi) is 6.01. The second-order valence-electron chi connectivity index (χ2n) is 6.93. The lowest BCUT2D eigenvalue weighted by Crippen LogP contribution is -2.22. The third-order valence-electron chi connectivity index (χ3n) is 4.68. The largest absolute Gasteiger partial charge is 0.411 e. The predicted octanol–water partition coefficient (Wildman–Crippen LogP) is 4.40. The molecule has 162 valence electrons. The molecule has 0 aliphatic heterocycles. The van der Waals surface area contributed by atoms with E-state index in [2.05, 4.69) is 14.9 Å². The van der Waals surface area contributed by atoms with E-state index in [-0.39, 0.29) is 12.2 Å². The van der Waals surface area contributed by atoms with Crippen LogP contribution in [0, 0.1) is 6.92 Å². The van der Waals surface area contributed by atoms with Gasteiger partial charge in [-0.3, -0.25) is 9.20 Å². The third-order valence-corrected chi connectivity index (χ3v) is 5.70. The maximum absolute atomic E-state index is 13.3. The molecule has 0 unspecified atom stereocenters. The van der Waals surface area contributed by atoms with Crippen LogP contribution in [0.25, 0.3) is 22.4 Å². The standard InChI is InChI=1S/C21H19F3N4O2S/c1-14-7-2-4-9-16(14)27-18(29)15-8-3-5-10-17(15)28-19(27)25-26-20(28)31-12-6-11-30-13-21(22,23)24/h2-5,7-10H,6,11-13H2,1H3. The van der Waals surface area contributed by atoms with Gasteiger partial charge in [0.05, 0.1) is 16.6 Å². The van der Waals surface area contributed by atoms with Gasteiger partial charge in [0.25, 0.3) is 5.56 Å². The molecule has 4 aromatic rings. The number of fused-ring (bicyclic) bond motifs is 3. The van der Waals surface area contributed by atoms with Gasteiger partial charge in [0.2, 0.25) is 5.78 Å². The van der Waals surface area contributed by atoms with Crippen LogP contribution in [0.2, 0.25) is 0 Å². The van der Waals surface area contributed by atoms with Gasteiger partial charge in [-0.05, 0) is 37.1 Å². The second kappa shape index (κ2) is 8.72. The fourth-order valence-corrected chi connectivity index (χ4v) is 4.17. The normalized spacial score (nSPS) is 12.1. The Morgan fingerprint density at radius 2 is 1.81 bits per heavy atom. The summed E-state index contributed by atoms with van der Waals surface area (Å²) in [5, 5.41) is 9.61. The molecule has 2 aromatic carbocycles. The van der Waals surface area contributed by atoms with E-state index in [0.29, 0.717) is 39.7 Å². The van der Waals surface area contributed by atoms with Crippen molar-refractivity contribution in [2.24, 2.45) is 0 Å². The molecule has 31 heavy (non-hydrogen) atoms. The van der Waals surface area contributed by atoms with E-state index < -0.39 is 12.8 Å². The molecule has 4 rings (SSSR count). The number of halogens is 3. The SMILES string of the molecule is Cc1ccccc1-n1c(=O)c2ccccc2n2c(SCCCOCC(F)(F)F)nnc12. The summed E-state index contributed by atoms with van der Waals surface area (Å²) in [6.07, 6.45) is -3.90. The number of alkyl halides is 3. The van der Waals surface area contributed by atoms with Crippen molar-refractivity contribution in [3.8, 4) is 5.69 Å². The van der Waals surface area contributed by atoms with Crippen molar-refractivity contribution in [1.29, 1.82) is 0 Å². The average molecular weight is 448 g/mol. The highest BCUT2D eigenvalue weighted by atomic mass is 32.2. The lowest BCUT2D eigenvalue weighted by Gasteiger charge is -2.13. The Bertz CT molecular complexity index is 1280. The minimum Gasteiger partial charge on any atom is -0.372 e. The van der Waals surface area contributed by atoms with Gasteiger partial charge in [-0.1, -0.05) is 42.1 Å². The zero-order valence-corrected chi connectivity index (χ0v) is 17.4.